The highest BCUT2D eigenvalue weighted by atomic mass is 16.5. The van der Waals surface area contributed by atoms with E-state index in [2.05, 4.69) is 0 Å². The number of hydrogen-bond donors (Lipinski definition) is 5. The molecule has 6 atom stereocenters. The van der Waals surface area contributed by atoms with Gasteiger partial charge in [-0.3, -0.25) is 0 Å². The van der Waals surface area contributed by atoms with Gasteiger partial charge in [-0.2, -0.15) is 0 Å². The van der Waals surface area contributed by atoms with E-state index in [1.807, 2.05) is 0 Å². The zero-order chi connectivity index (χ0) is 10.0. The van der Waals surface area contributed by atoms with E-state index in [1.165, 1.54) is 0 Å². The fourth-order valence-electron chi connectivity index (χ4n) is 2.27. The van der Waals surface area contributed by atoms with Gasteiger partial charge in [-0.25, -0.2) is 0 Å². The summed E-state index contributed by atoms with van der Waals surface area (Å²) in [5.41, 5.74) is -3.64. The van der Waals surface area contributed by atoms with Gasteiger partial charge < -0.3 is 30.6 Å². The maximum absolute atomic E-state index is 9.56. The van der Waals surface area contributed by atoms with Crippen molar-refractivity contribution in [1.29, 1.82) is 0 Å². The van der Waals surface area contributed by atoms with Crippen molar-refractivity contribution in [2.75, 3.05) is 0 Å². The molecule has 0 amide bonds. The molecule has 0 heterocycles. The summed E-state index contributed by atoms with van der Waals surface area (Å²) in [7, 11) is 0. The third kappa shape index (κ3) is 0.786. The first-order valence-corrected chi connectivity index (χ1v) is 4.04. The molecule has 0 spiro atoms. The first-order valence-electron chi connectivity index (χ1n) is 4.04. The maximum Gasteiger partial charge on any atom is 0.214 e. The molecule has 0 aromatic carbocycles. The topological polar surface area (TPSA) is 124 Å². The highest BCUT2D eigenvalue weighted by Gasteiger charge is 2.77. The van der Waals surface area contributed by atoms with E-state index in [1.54, 1.807) is 0 Å². The summed E-state index contributed by atoms with van der Waals surface area (Å²) in [6.07, 6.45) is -6.30. The molecular weight excluding hydrogens is 180 g/mol. The highest BCUT2D eigenvalue weighted by molar-refractivity contribution is 5.26. The van der Waals surface area contributed by atoms with Gasteiger partial charge in [-0.15, -0.1) is 0 Å². The van der Waals surface area contributed by atoms with E-state index in [0.717, 1.165) is 0 Å². The monoisotopic (exact) mass is 193 g/mol. The van der Waals surface area contributed by atoms with E-state index in [9.17, 15) is 25.5 Å². The molecule has 3 aliphatic carbocycles. The Kier molecular flexibility index (Phi) is 1.59. The first kappa shape index (κ1) is 9.32. The lowest BCUT2D eigenvalue weighted by atomic mass is 9.52. The fraction of sp³-hybridized carbons (Fsp3) is 1.00. The molecule has 0 aromatic heterocycles. The van der Waals surface area contributed by atoms with E-state index in [0.29, 0.717) is 0 Å². The van der Waals surface area contributed by atoms with Crippen molar-refractivity contribution in [3.05, 3.63) is 0 Å². The first-order chi connectivity index (χ1) is 5.84. The van der Waals surface area contributed by atoms with Gasteiger partial charge in [-0.1, -0.05) is 0 Å². The van der Waals surface area contributed by atoms with Crippen molar-refractivity contribution in [2.45, 2.75) is 42.0 Å². The number of aliphatic hydroxyl groups excluding tert-OH is 3. The van der Waals surface area contributed by atoms with Crippen LogP contribution in [0.5, 0.6) is 0 Å². The molecule has 13 heavy (non-hydrogen) atoms. The van der Waals surface area contributed by atoms with Crippen LogP contribution in [0.25, 0.3) is 0 Å². The van der Waals surface area contributed by atoms with E-state index < -0.39 is 35.6 Å². The average molecular weight is 193 g/mol. The van der Waals surface area contributed by atoms with Crippen LogP contribution >= 0.6 is 0 Å². The minimum atomic E-state index is -1.86. The molecule has 7 N–H and O–H groups in total. The van der Waals surface area contributed by atoms with Crippen molar-refractivity contribution >= 4 is 0 Å². The lowest BCUT2D eigenvalue weighted by Crippen LogP contribution is -2.86. The molecule has 3 rings (SSSR count). The summed E-state index contributed by atoms with van der Waals surface area (Å²) in [5.74, 6) is 0. The van der Waals surface area contributed by atoms with Crippen molar-refractivity contribution in [3.8, 4) is 0 Å². The number of fused-ring (bicyclic) bond motifs is 2. The third-order valence-corrected chi connectivity index (χ3v) is 3.23. The molecule has 6 heteroatoms. The molecular formula is C7H13O6+. The molecule has 3 aliphatic rings. The van der Waals surface area contributed by atoms with Gasteiger partial charge in [0, 0.05) is 6.42 Å². The predicted molar refractivity (Wildman–Crippen MR) is 39.9 cm³/mol. The summed E-state index contributed by atoms with van der Waals surface area (Å²) < 4.78 is 0. The predicted octanol–water partition coefficient (Wildman–Crippen LogP) is -3.96. The zero-order valence-corrected chi connectivity index (χ0v) is 6.75. The van der Waals surface area contributed by atoms with E-state index in [-0.39, 0.29) is 6.42 Å². The van der Waals surface area contributed by atoms with E-state index >= 15 is 0 Å². The number of rotatable bonds is 0. The van der Waals surface area contributed by atoms with Gasteiger partial charge >= 0.3 is 0 Å². The summed E-state index contributed by atoms with van der Waals surface area (Å²) in [6, 6.07) is 0. The molecule has 2 bridgehead atoms. The molecule has 0 radical (unpaired) electrons. The third-order valence-electron chi connectivity index (χ3n) is 3.23. The molecule has 3 saturated carbocycles. The van der Waals surface area contributed by atoms with Crippen LogP contribution in [0.1, 0.15) is 6.42 Å². The molecule has 0 aliphatic heterocycles. The Hall–Kier alpha value is -0.240. The lowest BCUT2D eigenvalue weighted by molar-refractivity contribution is -0.379. The van der Waals surface area contributed by atoms with Crippen LogP contribution in [-0.2, 0) is 0 Å². The fourth-order valence-corrected chi connectivity index (χ4v) is 2.27. The summed E-state index contributed by atoms with van der Waals surface area (Å²) in [6.45, 7) is 0. The molecule has 0 saturated heterocycles. The lowest BCUT2D eigenvalue weighted by Gasteiger charge is -2.61. The molecule has 3 fully saturated rings. The molecule has 6 unspecified atom stereocenters. The molecule has 6 nitrogen and oxygen atoms in total. The second-order valence-corrected chi connectivity index (χ2v) is 3.97. The van der Waals surface area contributed by atoms with Gasteiger partial charge in [0.05, 0.1) is 0 Å². The van der Waals surface area contributed by atoms with Crippen LogP contribution in [0.15, 0.2) is 0 Å². The Morgan fingerprint density at radius 2 is 1.62 bits per heavy atom. The van der Waals surface area contributed by atoms with Crippen molar-refractivity contribution in [1.82, 2.24) is 0 Å². The summed E-state index contributed by atoms with van der Waals surface area (Å²) in [4.78, 5) is 0. The van der Waals surface area contributed by atoms with Crippen LogP contribution in [-0.4, -0.2) is 66.3 Å². The number of aliphatic hydroxyl groups is 5. The minimum absolute atomic E-state index is 0.270. The van der Waals surface area contributed by atoms with Gasteiger partial charge in [0.15, 0.2) is 11.7 Å². The Labute approximate surface area is 73.7 Å². The van der Waals surface area contributed by atoms with Crippen LogP contribution < -0.4 is 0 Å². The van der Waals surface area contributed by atoms with Gasteiger partial charge in [0.1, 0.15) is 17.8 Å². The van der Waals surface area contributed by atoms with Crippen LogP contribution in [0.2, 0.25) is 0 Å². The smallest absolute Gasteiger partial charge is 0.214 e. The van der Waals surface area contributed by atoms with Gasteiger partial charge in [0.2, 0.25) is 6.10 Å². The Morgan fingerprint density at radius 3 is 2.08 bits per heavy atom. The Balaban J connectivity index is 2.35. The zero-order valence-electron chi connectivity index (χ0n) is 6.75. The van der Waals surface area contributed by atoms with Crippen LogP contribution in [0.3, 0.4) is 0 Å². The number of hydrogen-bond acceptors (Lipinski definition) is 5. The normalized spacial score (nSPS) is 66.0. The van der Waals surface area contributed by atoms with Crippen LogP contribution in [0.4, 0.5) is 0 Å². The van der Waals surface area contributed by atoms with Crippen molar-refractivity contribution < 1.29 is 30.6 Å². The van der Waals surface area contributed by atoms with Gasteiger partial charge in [-0.05, 0) is 0 Å². The van der Waals surface area contributed by atoms with Gasteiger partial charge in [0.25, 0.3) is 0 Å². The quantitative estimate of drug-likeness (QED) is 0.251. The van der Waals surface area contributed by atoms with Crippen molar-refractivity contribution in [2.24, 2.45) is 0 Å². The molecule has 0 aromatic rings. The standard InChI is InChI=1S/C7H12O6/c8-2-3(9)6(12)1-7(13,4(2)10)5(6)11/h2-5,8-13H,1H2/p+1. The van der Waals surface area contributed by atoms with E-state index in [4.69, 9.17) is 5.11 Å². The second-order valence-electron chi connectivity index (χ2n) is 3.97. The Morgan fingerprint density at radius 1 is 1.08 bits per heavy atom. The summed E-state index contributed by atoms with van der Waals surface area (Å²) >= 11 is 0. The average Bonchev–Trinajstić information content (AvgIpc) is 2.10. The minimum Gasteiger partial charge on any atom is -0.439 e. The largest absolute Gasteiger partial charge is 0.439 e. The second kappa shape index (κ2) is 2.22. The van der Waals surface area contributed by atoms with Crippen molar-refractivity contribution in [3.63, 3.8) is 0 Å². The summed E-state index contributed by atoms with van der Waals surface area (Å²) in [5, 5.41) is 54.3. The highest BCUT2D eigenvalue weighted by Crippen LogP contribution is 2.52. The maximum atomic E-state index is 9.56. The Bertz CT molecular complexity index is 211. The molecule has 76 valence electrons. The SMILES string of the molecule is OC1C(O)C2(O)CC(O)(C1[OH2+])C2O. The van der Waals surface area contributed by atoms with Crippen LogP contribution in [0, 0.1) is 0 Å².